The predicted molar refractivity (Wildman–Crippen MR) is 80.2 cm³/mol. The molecule has 1 aliphatic heterocycles. The van der Waals surface area contributed by atoms with Crippen molar-refractivity contribution in [3.8, 4) is 0 Å². The van der Waals surface area contributed by atoms with Crippen LogP contribution in [0.3, 0.4) is 0 Å². The number of nitrogens with zero attached hydrogens (tertiary/aromatic N) is 2. The third kappa shape index (κ3) is 2.74. The first-order valence-corrected chi connectivity index (χ1v) is 6.80. The van der Waals surface area contributed by atoms with Crippen LogP contribution in [-0.4, -0.2) is 22.5 Å². The van der Waals surface area contributed by atoms with E-state index in [1.807, 2.05) is 60.7 Å². The Morgan fingerprint density at radius 3 is 1.90 bits per heavy atom. The molecular weight excluding hydrogens is 264 g/mol. The Hall–Kier alpha value is -2.75. The summed E-state index contributed by atoms with van der Waals surface area (Å²) in [6, 6.07) is 18.6. The van der Waals surface area contributed by atoms with Gasteiger partial charge in [-0.1, -0.05) is 48.5 Å². The minimum atomic E-state index is -0.196. The molecule has 4 heteroatoms. The maximum atomic E-state index is 12.0. The maximum Gasteiger partial charge on any atom is 0.235 e. The van der Waals surface area contributed by atoms with Gasteiger partial charge in [0.25, 0.3) is 0 Å². The topological polar surface area (TPSA) is 49.7 Å². The van der Waals surface area contributed by atoms with Crippen molar-refractivity contribution < 1.29 is 9.59 Å². The Morgan fingerprint density at radius 2 is 1.33 bits per heavy atom. The molecule has 0 aliphatic carbocycles. The summed E-state index contributed by atoms with van der Waals surface area (Å²) in [4.78, 5) is 29.7. The molecule has 0 unspecified atom stereocenters. The third-order valence-electron chi connectivity index (χ3n) is 3.29. The smallest absolute Gasteiger partial charge is 0.235 e. The first kappa shape index (κ1) is 13.2. The van der Waals surface area contributed by atoms with Crippen LogP contribution in [0.25, 0.3) is 0 Å². The van der Waals surface area contributed by atoms with Crippen LogP contribution >= 0.6 is 0 Å². The van der Waals surface area contributed by atoms with E-state index < -0.39 is 0 Å². The number of imide groups is 1. The summed E-state index contributed by atoms with van der Waals surface area (Å²) in [6.07, 6.45) is 0.499. The van der Waals surface area contributed by atoms with Crippen LogP contribution in [0.15, 0.2) is 65.7 Å². The van der Waals surface area contributed by atoms with Crippen molar-refractivity contribution in [1.29, 1.82) is 0 Å². The number of para-hydroxylation sites is 1. The van der Waals surface area contributed by atoms with Crippen molar-refractivity contribution in [2.75, 3.05) is 0 Å². The van der Waals surface area contributed by atoms with E-state index in [-0.39, 0.29) is 24.7 Å². The highest BCUT2D eigenvalue weighted by atomic mass is 16.2. The number of amides is 2. The number of hydrogen-bond acceptors (Lipinski definition) is 3. The molecule has 0 aromatic heterocycles. The molecule has 2 aromatic carbocycles. The van der Waals surface area contributed by atoms with Crippen molar-refractivity contribution in [3.05, 3.63) is 66.2 Å². The summed E-state index contributed by atoms with van der Waals surface area (Å²) < 4.78 is 0. The monoisotopic (exact) mass is 278 g/mol. The molecule has 4 nitrogen and oxygen atoms in total. The van der Waals surface area contributed by atoms with Crippen LogP contribution in [-0.2, 0) is 9.59 Å². The van der Waals surface area contributed by atoms with Crippen molar-refractivity contribution in [2.24, 2.45) is 4.99 Å². The number of carbonyl (C=O) groups is 2. The van der Waals surface area contributed by atoms with Crippen LogP contribution in [0.4, 0.5) is 5.69 Å². The zero-order valence-electron chi connectivity index (χ0n) is 11.4. The first-order chi connectivity index (χ1) is 10.3. The van der Waals surface area contributed by atoms with E-state index in [0.717, 1.165) is 5.56 Å². The van der Waals surface area contributed by atoms with Gasteiger partial charge in [-0.2, -0.15) is 0 Å². The Balaban J connectivity index is 2.10. The third-order valence-corrected chi connectivity index (χ3v) is 3.29. The molecule has 3 rings (SSSR count). The predicted octanol–water partition coefficient (Wildman–Crippen LogP) is 2.91. The van der Waals surface area contributed by atoms with E-state index >= 15 is 0 Å². The van der Waals surface area contributed by atoms with Crippen molar-refractivity contribution in [2.45, 2.75) is 12.8 Å². The summed E-state index contributed by atoms with van der Waals surface area (Å²) in [5, 5.41) is 0. The van der Waals surface area contributed by atoms with Gasteiger partial charge < -0.3 is 0 Å². The fourth-order valence-corrected chi connectivity index (χ4v) is 2.27. The molecule has 0 saturated carbocycles. The molecule has 0 radical (unpaired) electrons. The lowest BCUT2D eigenvalue weighted by Gasteiger charge is -2.17. The highest BCUT2D eigenvalue weighted by Crippen LogP contribution is 2.20. The molecule has 1 heterocycles. The molecular formula is C17H14N2O2. The van der Waals surface area contributed by atoms with Gasteiger partial charge in [0.2, 0.25) is 11.8 Å². The van der Waals surface area contributed by atoms with Gasteiger partial charge in [-0.05, 0) is 12.1 Å². The lowest BCUT2D eigenvalue weighted by molar-refractivity contribution is -0.133. The summed E-state index contributed by atoms with van der Waals surface area (Å²) in [5.41, 5.74) is 1.47. The van der Waals surface area contributed by atoms with Crippen LogP contribution in [0.1, 0.15) is 18.4 Å². The van der Waals surface area contributed by atoms with E-state index in [4.69, 9.17) is 0 Å². The first-order valence-electron chi connectivity index (χ1n) is 6.80. The van der Waals surface area contributed by atoms with Crippen LogP contribution in [0, 0.1) is 0 Å². The standard InChI is InChI=1S/C17H14N2O2/c20-15-11-12-16(21)19(15)17(13-7-3-1-4-8-13)18-14-9-5-2-6-10-14/h1-10H,11-12H2. The normalized spacial score (nSPS) is 15.6. The second-order valence-corrected chi connectivity index (χ2v) is 4.76. The molecule has 1 saturated heterocycles. The van der Waals surface area contributed by atoms with E-state index in [1.54, 1.807) is 0 Å². The van der Waals surface area contributed by atoms with E-state index in [0.29, 0.717) is 11.5 Å². The number of hydrogen-bond donors (Lipinski definition) is 0. The van der Waals surface area contributed by atoms with Crippen LogP contribution in [0.5, 0.6) is 0 Å². The molecule has 0 bridgehead atoms. The molecule has 0 atom stereocenters. The molecule has 0 N–H and O–H groups in total. The number of carbonyl (C=O) groups excluding carboxylic acids is 2. The lowest BCUT2D eigenvalue weighted by atomic mass is 10.2. The van der Waals surface area contributed by atoms with Gasteiger partial charge in [0, 0.05) is 18.4 Å². The number of amidine groups is 1. The minimum absolute atomic E-state index is 0.196. The van der Waals surface area contributed by atoms with Gasteiger partial charge in [-0.25, -0.2) is 9.89 Å². The Kier molecular flexibility index (Phi) is 3.60. The molecule has 1 fully saturated rings. The number of benzene rings is 2. The highest BCUT2D eigenvalue weighted by molar-refractivity contribution is 6.21. The number of aliphatic imine (C=N–C) groups is 1. The van der Waals surface area contributed by atoms with E-state index in [2.05, 4.69) is 4.99 Å². The fourth-order valence-electron chi connectivity index (χ4n) is 2.27. The largest absolute Gasteiger partial charge is 0.274 e. The lowest BCUT2D eigenvalue weighted by Crippen LogP contribution is -2.36. The summed E-state index contributed by atoms with van der Waals surface area (Å²) in [5.74, 6) is 0.00590. The quantitative estimate of drug-likeness (QED) is 0.482. The van der Waals surface area contributed by atoms with Gasteiger partial charge >= 0.3 is 0 Å². The van der Waals surface area contributed by atoms with Crippen molar-refractivity contribution in [1.82, 2.24) is 4.90 Å². The molecule has 2 amide bonds. The average molecular weight is 278 g/mol. The molecule has 104 valence electrons. The molecule has 0 spiro atoms. The van der Waals surface area contributed by atoms with Gasteiger partial charge in [0.1, 0.15) is 5.84 Å². The Bertz CT molecular complexity index is 677. The molecule has 21 heavy (non-hydrogen) atoms. The second-order valence-electron chi connectivity index (χ2n) is 4.76. The van der Waals surface area contributed by atoms with Gasteiger partial charge in [-0.3, -0.25) is 9.59 Å². The average Bonchev–Trinajstić information content (AvgIpc) is 2.86. The molecule has 1 aliphatic rings. The minimum Gasteiger partial charge on any atom is -0.274 e. The van der Waals surface area contributed by atoms with Crippen LogP contribution < -0.4 is 0 Å². The SMILES string of the molecule is O=C1CCC(=O)N1C(=Nc1ccccc1)c1ccccc1. The van der Waals surface area contributed by atoms with Crippen molar-refractivity contribution >= 4 is 23.3 Å². The summed E-state index contributed by atoms with van der Waals surface area (Å²) >= 11 is 0. The maximum absolute atomic E-state index is 12.0. The number of rotatable bonds is 2. The van der Waals surface area contributed by atoms with E-state index in [1.165, 1.54) is 4.90 Å². The number of likely N-dealkylation sites (tertiary alicyclic amines) is 1. The zero-order chi connectivity index (χ0) is 14.7. The Labute approximate surface area is 122 Å². The Morgan fingerprint density at radius 1 is 0.810 bits per heavy atom. The second kappa shape index (κ2) is 5.71. The van der Waals surface area contributed by atoms with Gasteiger partial charge in [-0.15, -0.1) is 0 Å². The summed E-state index contributed by atoms with van der Waals surface area (Å²) in [6.45, 7) is 0. The van der Waals surface area contributed by atoms with Gasteiger partial charge in [0.15, 0.2) is 0 Å². The highest BCUT2D eigenvalue weighted by Gasteiger charge is 2.33. The molecule has 2 aromatic rings. The fraction of sp³-hybridized carbons (Fsp3) is 0.118. The van der Waals surface area contributed by atoms with Gasteiger partial charge in [0.05, 0.1) is 5.69 Å². The van der Waals surface area contributed by atoms with Crippen LogP contribution in [0.2, 0.25) is 0 Å². The summed E-state index contributed by atoms with van der Waals surface area (Å²) in [7, 11) is 0. The van der Waals surface area contributed by atoms with E-state index in [9.17, 15) is 9.59 Å². The van der Waals surface area contributed by atoms with Crippen molar-refractivity contribution in [3.63, 3.8) is 0 Å². The zero-order valence-corrected chi connectivity index (χ0v) is 11.4.